The molecule has 0 bridgehead atoms. The van der Waals surface area contributed by atoms with Crippen molar-refractivity contribution in [1.29, 1.82) is 0 Å². The standard InChI is InChI=1S/C20H22FN3O2/c21-18-8-4-3-7-15(18)14-23-19(25)16-11-17(13-22-12-16)20(26)24-9-5-1-2-6-10-24/h3-4,7-8,11-13H,1-2,5-6,9-10,14H2,(H,23,25). The maximum absolute atomic E-state index is 13.6. The Morgan fingerprint density at radius 3 is 2.46 bits per heavy atom. The molecule has 6 heteroatoms. The maximum atomic E-state index is 13.6. The summed E-state index contributed by atoms with van der Waals surface area (Å²) < 4.78 is 13.6. The van der Waals surface area contributed by atoms with Gasteiger partial charge in [-0.25, -0.2) is 4.39 Å². The molecule has 1 fully saturated rings. The van der Waals surface area contributed by atoms with Crippen molar-refractivity contribution in [2.24, 2.45) is 0 Å². The number of hydrogen-bond donors (Lipinski definition) is 1. The number of hydrogen-bond acceptors (Lipinski definition) is 3. The summed E-state index contributed by atoms with van der Waals surface area (Å²) in [6.07, 6.45) is 7.18. The number of carbonyl (C=O) groups excluding carboxylic acids is 2. The summed E-state index contributed by atoms with van der Waals surface area (Å²) in [6, 6.07) is 7.84. The van der Waals surface area contributed by atoms with Crippen molar-refractivity contribution in [2.45, 2.75) is 32.2 Å². The average Bonchev–Trinajstić information content (AvgIpc) is 2.96. The molecule has 1 N–H and O–H groups in total. The van der Waals surface area contributed by atoms with Gasteiger partial charge in [0.1, 0.15) is 5.82 Å². The third-order valence-electron chi connectivity index (χ3n) is 4.54. The van der Waals surface area contributed by atoms with Gasteiger partial charge in [0, 0.05) is 37.6 Å². The van der Waals surface area contributed by atoms with Gasteiger partial charge < -0.3 is 10.2 Å². The van der Waals surface area contributed by atoms with Crippen LogP contribution in [0.3, 0.4) is 0 Å². The molecule has 2 aromatic rings. The Labute approximate surface area is 152 Å². The third kappa shape index (κ3) is 4.45. The SMILES string of the molecule is O=C(NCc1ccccc1F)c1cncc(C(=O)N2CCCCCC2)c1. The average molecular weight is 355 g/mol. The molecule has 2 heterocycles. The van der Waals surface area contributed by atoms with E-state index in [1.165, 1.54) is 18.5 Å². The second kappa shape index (κ2) is 8.56. The molecule has 3 rings (SSSR count). The molecule has 0 atom stereocenters. The third-order valence-corrected chi connectivity index (χ3v) is 4.54. The summed E-state index contributed by atoms with van der Waals surface area (Å²) >= 11 is 0. The largest absolute Gasteiger partial charge is 0.348 e. The van der Waals surface area contributed by atoms with Crippen LogP contribution in [0.15, 0.2) is 42.7 Å². The van der Waals surface area contributed by atoms with Crippen molar-refractivity contribution < 1.29 is 14.0 Å². The molecule has 0 unspecified atom stereocenters. The van der Waals surface area contributed by atoms with E-state index in [4.69, 9.17) is 0 Å². The van der Waals surface area contributed by atoms with E-state index in [1.807, 2.05) is 4.90 Å². The molecular weight excluding hydrogens is 333 g/mol. The number of nitrogens with zero attached hydrogens (tertiary/aromatic N) is 2. The summed E-state index contributed by atoms with van der Waals surface area (Å²) in [4.78, 5) is 30.9. The smallest absolute Gasteiger partial charge is 0.255 e. The summed E-state index contributed by atoms with van der Waals surface area (Å²) in [5.41, 5.74) is 1.11. The van der Waals surface area contributed by atoms with Gasteiger partial charge in [-0.15, -0.1) is 0 Å². The highest BCUT2D eigenvalue weighted by Crippen LogP contribution is 2.14. The van der Waals surface area contributed by atoms with Crippen LogP contribution in [0, 0.1) is 5.82 Å². The van der Waals surface area contributed by atoms with Crippen molar-refractivity contribution in [2.75, 3.05) is 13.1 Å². The van der Waals surface area contributed by atoms with Gasteiger partial charge in [-0.2, -0.15) is 0 Å². The van der Waals surface area contributed by atoms with Crippen LogP contribution in [0.5, 0.6) is 0 Å². The fourth-order valence-corrected chi connectivity index (χ4v) is 3.06. The molecule has 0 radical (unpaired) electrons. The summed E-state index contributed by atoms with van der Waals surface area (Å²) in [5.74, 6) is -0.842. The van der Waals surface area contributed by atoms with Crippen LogP contribution < -0.4 is 5.32 Å². The zero-order valence-electron chi connectivity index (χ0n) is 14.6. The maximum Gasteiger partial charge on any atom is 0.255 e. The summed E-state index contributed by atoms with van der Waals surface area (Å²) in [7, 11) is 0. The first-order chi connectivity index (χ1) is 12.6. The van der Waals surface area contributed by atoms with Gasteiger partial charge in [-0.3, -0.25) is 14.6 Å². The molecule has 1 saturated heterocycles. The van der Waals surface area contributed by atoms with Gasteiger partial charge in [-0.1, -0.05) is 31.0 Å². The van der Waals surface area contributed by atoms with E-state index in [1.54, 1.807) is 24.3 Å². The van der Waals surface area contributed by atoms with Gasteiger partial charge in [0.05, 0.1) is 11.1 Å². The van der Waals surface area contributed by atoms with Crippen LogP contribution >= 0.6 is 0 Å². The lowest BCUT2D eigenvalue weighted by molar-refractivity contribution is 0.0761. The highest BCUT2D eigenvalue weighted by molar-refractivity contribution is 5.99. The van der Waals surface area contributed by atoms with E-state index in [2.05, 4.69) is 10.3 Å². The van der Waals surface area contributed by atoms with Crippen LogP contribution in [0.25, 0.3) is 0 Å². The molecule has 1 aromatic heterocycles. The topological polar surface area (TPSA) is 62.3 Å². The van der Waals surface area contributed by atoms with Gasteiger partial charge >= 0.3 is 0 Å². The predicted octanol–water partition coefficient (Wildman–Crippen LogP) is 3.17. The number of aromatic nitrogens is 1. The van der Waals surface area contributed by atoms with Crippen LogP contribution in [0.4, 0.5) is 4.39 Å². The minimum absolute atomic E-state index is 0.0792. The van der Waals surface area contributed by atoms with Gasteiger partial charge in [0.2, 0.25) is 0 Å². The molecule has 0 saturated carbocycles. The van der Waals surface area contributed by atoms with E-state index in [-0.39, 0.29) is 24.2 Å². The normalized spacial score (nSPS) is 14.6. The molecular formula is C20H22FN3O2. The van der Waals surface area contributed by atoms with Gasteiger partial charge in [0.25, 0.3) is 11.8 Å². The molecule has 1 aliphatic heterocycles. The molecule has 136 valence electrons. The Hall–Kier alpha value is -2.76. The van der Waals surface area contributed by atoms with Crippen LogP contribution in [-0.2, 0) is 6.54 Å². The van der Waals surface area contributed by atoms with Gasteiger partial charge in [-0.05, 0) is 25.0 Å². The Bertz CT molecular complexity index is 786. The molecule has 0 spiro atoms. The Morgan fingerprint density at radius 2 is 1.73 bits per heavy atom. The number of rotatable bonds is 4. The second-order valence-corrected chi connectivity index (χ2v) is 6.44. The van der Waals surface area contributed by atoms with Crippen molar-refractivity contribution in [3.63, 3.8) is 0 Å². The molecule has 26 heavy (non-hydrogen) atoms. The van der Waals surface area contributed by atoms with Gasteiger partial charge in [0.15, 0.2) is 0 Å². The van der Waals surface area contributed by atoms with Crippen molar-refractivity contribution in [3.8, 4) is 0 Å². The monoisotopic (exact) mass is 355 g/mol. The molecule has 5 nitrogen and oxygen atoms in total. The minimum atomic E-state index is -0.383. The summed E-state index contributed by atoms with van der Waals surface area (Å²) in [6.45, 7) is 1.56. The Morgan fingerprint density at radius 1 is 1.04 bits per heavy atom. The predicted molar refractivity (Wildman–Crippen MR) is 96.2 cm³/mol. The van der Waals surface area contributed by atoms with E-state index in [0.29, 0.717) is 16.7 Å². The summed E-state index contributed by atoms with van der Waals surface area (Å²) in [5, 5.41) is 2.67. The van der Waals surface area contributed by atoms with E-state index in [0.717, 1.165) is 38.8 Å². The lowest BCUT2D eigenvalue weighted by atomic mass is 10.1. The first-order valence-electron chi connectivity index (χ1n) is 8.91. The minimum Gasteiger partial charge on any atom is -0.348 e. The number of halogens is 1. The fraction of sp³-hybridized carbons (Fsp3) is 0.350. The number of pyridine rings is 1. The lowest BCUT2D eigenvalue weighted by Crippen LogP contribution is -2.32. The fourth-order valence-electron chi connectivity index (χ4n) is 3.06. The zero-order valence-corrected chi connectivity index (χ0v) is 14.6. The van der Waals surface area contributed by atoms with E-state index >= 15 is 0 Å². The molecule has 2 amide bonds. The number of benzene rings is 1. The zero-order chi connectivity index (χ0) is 18.4. The van der Waals surface area contributed by atoms with Crippen molar-refractivity contribution >= 4 is 11.8 Å². The first-order valence-corrected chi connectivity index (χ1v) is 8.91. The van der Waals surface area contributed by atoms with E-state index in [9.17, 15) is 14.0 Å². The van der Waals surface area contributed by atoms with Crippen LogP contribution in [-0.4, -0.2) is 34.8 Å². The first kappa shape index (κ1) is 18.0. The molecule has 1 aliphatic rings. The quantitative estimate of drug-likeness (QED) is 0.916. The van der Waals surface area contributed by atoms with Crippen molar-refractivity contribution in [1.82, 2.24) is 15.2 Å². The molecule has 1 aromatic carbocycles. The number of nitrogens with one attached hydrogen (secondary N) is 1. The Balaban J connectivity index is 1.67. The molecule has 0 aliphatic carbocycles. The lowest BCUT2D eigenvalue weighted by Gasteiger charge is -2.20. The highest BCUT2D eigenvalue weighted by Gasteiger charge is 2.19. The number of likely N-dealkylation sites (tertiary alicyclic amines) is 1. The number of amides is 2. The van der Waals surface area contributed by atoms with Crippen molar-refractivity contribution in [3.05, 3.63) is 65.2 Å². The van der Waals surface area contributed by atoms with Crippen LogP contribution in [0.1, 0.15) is 52.0 Å². The highest BCUT2D eigenvalue weighted by atomic mass is 19.1. The second-order valence-electron chi connectivity index (χ2n) is 6.44. The number of carbonyl (C=O) groups is 2. The van der Waals surface area contributed by atoms with E-state index < -0.39 is 0 Å². The Kier molecular flexibility index (Phi) is 5.94. The van der Waals surface area contributed by atoms with Crippen LogP contribution in [0.2, 0.25) is 0 Å².